The standard InChI is InChI=1S/C14H21FN2O/c1-3-17(10-11(2)9-16)14(18)8-12-4-6-13(15)7-5-12/h4-7,11H,3,8-10,16H2,1-2H3. The monoisotopic (exact) mass is 252 g/mol. The Morgan fingerprint density at radius 2 is 2.00 bits per heavy atom. The van der Waals surface area contributed by atoms with Crippen LogP contribution >= 0.6 is 0 Å². The molecule has 1 amide bonds. The van der Waals surface area contributed by atoms with E-state index in [4.69, 9.17) is 5.73 Å². The maximum atomic E-state index is 12.8. The van der Waals surface area contributed by atoms with Gasteiger partial charge in [-0.1, -0.05) is 19.1 Å². The SMILES string of the molecule is CCN(CC(C)CN)C(=O)Cc1ccc(F)cc1. The van der Waals surface area contributed by atoms with E-state index in [1.165, 1.54) is 12.1 Å². The lowest BCUT2D eigenvalue weighted by Gasteiger charge is -2.24. The number of carbonyl (C=O) groups is 1. The molecule has 100 valence electrons. The third-order valence-electron chi connectivity index (χ3n) is 2.94. The molecule has 0 heterocycles. The van der Waals surface area contributed by atoms with E-state index >= 15 is 0 Å². The summed E-state index contributed by atoms with van der Waals surface area (Å²) in [6.45, 7) is 5.89. The van der Waals surface area contributed by atoms with Crippen LogP contribution in [0, 0.1) is 11.7 Å². The fraction of sp³-hybridized carbons (Fsp3) is 0.500. The van der Waals surface area contributed by atoms with Gasteiger partial charge in [0.15, 0.2) is 0 Å². The van der Waals surface area contributed by atoms with E-state index in [0.717, 1.165) is 5.56 Å². The number of hydrogen-bond donors (Lipinski definition) is 1. The highest BCUT2D eigenvalue weighted by atomic mass is 19.1. The highest BCUT2D eigenvalue weighted by Crippen LogP contribution is 2.07. The van der Waals surface area contributed by atoms with Crippen LogP contribution in [0.2, 0.25) is 0 Å². The van der Waals surface area contributed by atoms with Crippen molar-refractivity contribution in [2.75, 3.05) is 19.6 Å². The van der Waals surface area contributed by atoms with Gasteiger partial charge in [0.1, 0.15) is 5.82 Å². The predicted octanol–water partition coefficient (Wildman–Crippen LogP) is 1.81. The first-order valence-corrected chi connectivity index (χ1v) is 6.29. The van der Waals surface area contributed by atoms with Gasteiger partial charge in [-0.05, 0) is 37.1 Å². The molecular formula is C14H21FN2O. The number of hydrogen-bond acceptors (Lipinski definition) is 2. The van der Waals surface area contributed by atoms with Crippen LogP contribution in [0.15, 0.2) is 24.3 Å². The number of benzene rings is 1. The van der Waals surface area contributed by atoms with Crippen molar-refractivity contribution >= 4 is 5.91 Å². The molecule has 4 heteroatoms. The lowest BCUT2D eigenvalue weighted by Crippen LogP contribution is -2.37. The molecule has 1 rings (SSSR count). The second-order valence-electron chi connectivity index (χ2n) is 4.58. The van der Waals surface area contributed by atoms with Crippen molar-refractivity contribution in [3.63, 3.8) is 0 Å². The predicted molar refractivity (Wildman–Crippen MR) is 70.6 cm³/mol. The Morgan fingerprint density at radius 1 is 1.39 bits per heavy atom. The minimum Gasteiger partial charge on any atom is -0.342 e. The summed E-state index contributed by atoms with van der Waals surface area (Å²) in [5.41, 5.74) is 6.40. The van der Waals surface area contributed by atoms with Crippen molar-refractivity contribution < 1.29 is 9.18 Å². The Kier molecular flexibility index (Phi) is 5.78. The zero-order valence-corrected chi connectivity index (χ0v) is 11.0. The normalized spacial score (nSPS) is 12.2. The molecule has 0 saturated heterocycles. The van der Waals surface area contributed by atoms with E-state index in [1.54, 1.807) is 17.0 Å². The van der Waals surface area contributed by atoms with Crippen LogP contribution in [0.1, 0.15) is 19.4 Å². The topological polar surface area (TPSA) is 46.3 Å². The highest BCUT2D eigenvalue weighted by Gasteiger charge is 2.14. The van der Waals surface area contributed by atoms with Gasteiger partial charge in [0.25, 0.3) is 0 Å². The average Bonchev–Trinajstić information content (AvgIpc) is 2.38. The summed E-state index contributed by atoms with van der Waals surface area (Å²) in [6, 6.07) is 6.05. The third kappa shape index (κ3) is 4.45. The van der Waals surface area contributed by atoms with Gasteiger partial charge in [-0.15, -0.1) is 0 Å². The third-order valence-corrected chi connectivity index (χ3v) is 2.94. The number of carbonyl (C=O) groups excluding carboxylic acids is 1. The molecule has 3 nitrogen and oxygen atoms in total. The lowest BCUT2D eigenvalue weighted by atomic mass is 10.1. The Labute approximate surface area is 108 Å². The average molecular weight is 252 g/mol. The lowest BCUT2D eigenvalue weighted by molar-refractivity contribution is -0.130. The van der Waals surface area contributed by atoms with Crippen molar-refractivity contribution in [1.82, 2.24) is 4.90 Å². The molecule has 0 saturated carbocycles. The molecule has 1 aromatic rings. The molecule has 18 heavy (non-hydrogen) atoms. The van der Waals surface area contributed by atoms with Crippen LogP contribution < -0.4 is 5.73 Å². The van der Waals surface area contributed by atoms with Crippen LogP contribution in [0.4, 0.5) is 4.39 Å². The van der Waals surface area contributed by atoms with Crippen LogP contribution in [-0.4, -0.2) is 30.4 Å². The van der Waals surface area contributed by atoms with Crippen molar-refractivity contribution in [3.8, 4) is 0 Å². The van der Waals surface area contributed by atoms with Crippen LogP contribution in [-0.2, 0) is 11.2 Å². The molecule has 1 aromatic carbocycles. The number of halogens is 1. The van der Waals surface area contributed by atoms with Gasteiger partial charge in [0, 0.05) is 13.1 Å². The van der Waals surface area contributed by atoms with Gasteiger partial charge < -0.3 is 10.6 Å². The van der Waals surface area contributed by atoms with E-state index in [1.807, 2.05) is 13.8 Å². The maximum absolute atomic E-state index is 12.8. The van der Waals surface area contributed by atoms with E-state index in [-0.39, 0.29) is 11.7 Å². The fourth-order valence-corrected chi connectivity index (χ4v) is 1.75. The minimum atomic E-state index is -0.282. The molecule has 0 bridgehead atoms. The molecule has 1 atom stereocenters. The smallest absolute Gasteiger partial charge is 0.226 e. The molecule has 2 N–H and O–H groups in total. The van der Waals surface area contributed by atoms with Crippen LogP contribution in [0.3, 0.4) is 0 Å². The summed E-state index contributed by atoms with van der Waals surface area (Å²) in [5.74, 6) is 0.0711. The summed E-state index contributed by atoms with van der Waals surface area (Å²) >= 11 is 0. The van der Waals surface area contributed by atoms with Crippen molar-refractivity contribution in [1.29, 1.82) is 0 Å². The number of rotatable bonds is 6. The molecule has 0 aliphatic heterocycles. The Balaban J connectivity index is 2.59. The number of likely N-dealkylation sites (N-methyl/N-ethyl adjacent to an activating group) is 1. The molecule has 0 spiro atoms. The number of nitrogens with zero attached hydrogens (tertiary/aromatic N) is 1. The largest absolute Gasteiger partial charge is 0.342 e. The molecule has 0 fully saturated rings. The Morgan fingerprint density at radius 3 is 2.50 bits per heavy atom. The fourth-order valence-electron chi connectivity index (χ4n) is 1.75. The second-order valence-corrected chi connectivity index (χ2v) is 4.58. The van der Waals surface area contributed by atoms with Crippen molar-refractivity contribution in [3.05, 3.63) is 35.6 Å². The summed E-state index contributed by atoms with van der Waals surface area (Å²) < 4.78 is 12.8. The van der Waals surface area contributed by atoms with Crippen molar-refractivity contribution in [2.45, 2.75) is 20.3 Å². The van der Waals surface area contributed by atoms with Gasteiger partial charge in [0.05, 0.1) is 6.42 Å². The zero-order valence-electron chi connectivity index (χ0n) is 11.0. The minimum absolute atomic E-state index is 0.0596. The Hall–Kier alpha value is -1.42. The van der Waals surface area contributed by atoms with Gasteiger partial charge >= 0.3 is 0 Å². The first-order chi connectivity index (χ1) is 8.56. The summed E-state index contributed by atoms with van der Waals surface area (Å²) in [4.78, 5) is 13.9. The van der Waals surface area contributed by atoms with Crippen molar-refractivity contribution in [2.24, 2.45) is 11.7 Å². The molecule has 0 aliphatic carbocycles. The van der Waals surface area contributed by atoms with Gasteiger partial charge in [-0.2, -0.15) is 0 Å². The zero-order chi connectivity index (χ0) is 13.5. The van der Waals surface area contributed by atoms with E-state index in [2.05, 4.69) is 0 Å². The first-order valence-electron chi connectivity index (χ1n) is 6.29. The Bertz CT molecular complexity index is 378. The number of amides is 1. The molecule has 1 unspecified atom stereocenters. The molecule has 0 aliphatic rings. The van der Waals surface area contributed by atoms with Crippen LogP contribution in [0.5, 0.6) is 0 Å². The van der Waals surface area contributed by atoms with Gasteiger partial charge in [-0.3, -0.25) is 4.79 Å². The molecular weight excluding hydrogens is 231 g/mol. The number of nitrogens with two attached hydrogens (primary N) is 1. The molecule has 0 aromatic heterocycles. The summed E-state index contributed by atoms with van der Waals surface area (Å²) in [5, 5.41) is 0. The van der Waals surface area contributed by atoms with E-state index < -0.39 is 0 Å². The molecule has 0 radical (unpaired) electrons. The van der Waals surface area contributed by atoms with E-state index in [9.17, 15) is 9.18 Å². The first kappa shape index (κ1) is 14.6. The van der Waals surface area contributed by atoms with Gasteiger partial charge in [0.2, 0.25) is 5.91 Å². The van der Waals surface area contributed by atoms with Crippen LogP contribution in [0.25, 0.3) is 0 Å². The van der Waals surface area contributed by atoms with E-state index in [0.29, 0.717) is 32.0 Å². The quantitative estimate of drug-likeness (QED) is 0.839. The van der Waals surface area contributed by atoms with Gasteiger partial charge in [-0.25, -0.2) is 4.39 Å². The highest BCUT2D eigenvalue weighted by molar-refractivity contribution is 5.78. The summed E-state index contributed by atoms with van der Waals surface area (Å²) in [6.07, 6.45) is 0.311. The summed E-state index contributed by atoms with van der Waals surface area (Å²) in [7, 11) is 0. The maximum Gasteiger partial charge on any atom is 0.226 e. The second kappa shape index (κ2) is 7.11.